The van der Waals surface area contributed by atoms with E-state index in [1.165, 1.54) is 23.0 Å². The summed E-state index contributed by atoms with van der Waals surface area (Å²) in [6.45, 7) is 7.35. The number of aliphatic hydroxyl groups excluding tert-OH is 1. The van der Waals surface area contributed by atoms with Crippen LogP contribution in [-0.4, -0.2) is 50.3 Å². The van der Waals surface area contributed by atoms with Crippen LogP contribution in [0.3, 0.4) is 0 Å². The average molecular weight is 580 g/mol. The first-order valence-electron chi connectivity index (χ1n) is 13.3. The van der Waals surface area contributed by atoms with Crippen LogP contribution in [0.1, 0.15) is 58.3 Å². The highest BCUT2D eigenvalue weighted by Crippen LogP contribution is 2.40. The first kappa shape index (κ1) is 31.7. The van der Waals surface area contributed by atoms with E-state index in [1.807, 2.05) is 27.7 Å². The second-order valence-electron chi connectivity index (χ2n) is 10.4. The number of alkyl carbamates (subject to hydrolysis) is 1. The third-order valence-corrected chi connectivity index (χ3v) is 7.05. The predicted octanol–water partition coefficient (Wildman–Crippen LogP) is 4.94. The Morgan fingerprint density at radius 3 is 2.39 bits per heavy atom. The SMILES string of the molecule is CCCOC(=O)N[C@@](Cn1ccc(-c2ccc(C(F)(F)F)cc2)n1)([C@H](O)C(=O)NCc1ccno1)C(C)(C)CCC. The fourth-order valence-electron chi connectivity index (χ4n) is 4.73. The van der Waals surface area contributed by atoms with Gasteiger partial charge in [-0.2, -0.15) is 18.3 Å². The molecule has 3 rings (SSSR count). The molecule has 13 heteroatoms. The molecule has 0 aliphatic heterocycles. The number of ether oxygens (including phenoxy) is 1. The summed E-state index contributed by atoms with van der Waals surface area (Å²) < 4.78 is 50.8. The molecule has 3 aromatic rings. The Kier molecular flexibility index (Phi) is 10.2. The quantitative estimate of drug-likeness (QED) is 0.262. The lowest BCUT2D eigenvalue weighted by atomic mass is 9.66. The highest BCUT2D eigenvalue weighted by molar-refractivity contribution is 5.83. The number of hydrogen-bond donors (Lipinski definition) is 3. The minimum Gasteiger partial charge on any atom is -0.450 e. The third kappa shape index (κ3) is 7.66. The molecule has 0 fully saturated rings. The highest BCUT2D eigenvalue weighted by Gasteiger charge is 2.54. The van der Waals surface area contributed by atoms with Gasteiger partial charge in [0.15, 0.2) is 11.9 Å². The van der Waals surface area contributed by atoms with E-state index >= 15 is 0 Å². The molecular formula is C28H36F3N5O5. The van der Waals surface area contributed by atoms with E-state index in [9.17, 15) is 27.9 Å². The number of rotatable bonds is 13. The number of carbonyl (C=O) groups is 2. The smallest absolute Gasteiger partial charge is 0.416 e. The molecule has 0 aliphatic carbocycles. The molecule has 224 valence electrons. The Labute approximate surface area is 236 Å². The van der Waals surface area contributed by atoms with Gasteiger partial charge in [0.05, 0.1) is 37.2 Å². The number of aliphatic hydroxyl groups is 1. The molecule has 10 nitrogen and oxygen atoms in total. The van der Waals surface area contributed by atoms with Crippen LogP contribution in [0.4, 0.5) is 18.0 Å². The Morgan fingerprint density at radius 2 is 1.80 bits per heavy atom. The number of halogens is 3. The fraction of sp³-hybridized carbons (Fsp3) is 0.500. The van der Waals surface area contributed by atoms with E-state index in [1.54, 1.807) is 18.3 Å². The van der Waals surface area contributed by atoms with Crippen molar-refractivity contribution in [3.8, 4) is 11.3 Å². The number of hydrogen-bond acceptors (Lipinski definition) is 7. The molecule has 2 heterocycles. The standard InChI is InChI=1S/C28H36F3N5O5/c1-5-13-26(3,4)27(34-25(39)40-16-6-2,23(37)24(38)32-17-21-11-14-33-41-21)18-36-15-12-22(35-36)19-7-9-20(10-8-19)28(29,30)31/h7-12,14-15,23,37H,5-6,13,16-18H2,1-4H3,(H,32,38)(H,34,39)/t23-,27+/m1/s1. The Bertz CT molecular complexity index is 1280. The van der Waals surface area contributed by atoms with Gasteiger partial charge in [0.1, 0.15) is 5.54 Å². The van der Waals surface area contributed by atoms with Gasteiger partial charge in [0, 0.05) is 17.8 Å². The van der Waals surface area contributed by atoms with E-state index in [0.29, 0.717) is 36.3 Å². The maximum absolute atomic E-state index is 13.3. The van der Waals surface area contributed by atoms with Crippen molar-refractivity contribution < 1.29 is 37.1 Å². The molecule has 2 amide bonds. The van der Waals surface area contributed by atoms with Gasteiger partial charge in [0.25, 0.3) is 5.91 Å². The van der Waals surface area contributed by atoms with Crippen molar-refractivity contribution >= 4 is 12.0 Å². The molecule has 0 spiro atoms. The van der Waals surface area contributed by atoms with E-state index in [4.69, 9.17) is 9.26 Å². The first-order chi connectivity index (χ1) is 19.3. The molecule has 0 unspecified atom stereocenters. The summed E-state index contributed by atoms with van der Waals surface area (Å²) in [5.41, 5.74) is -2.47. The molecule has 3 N–H and O–H groups in total. The number of alkyl halides is 3. The topological polar surface area (TPSA) is 132 Å². The summed E-state index contributed by atoms with van der Waals surface area (Å²) in [7, 11) is 0. The zero-order valence-corrected chi connectivity index (χ0v) is 23.5. The minimum atomic E-state index is -4.47. The summed E-state index contributed by atoms with van der Waals surface area (Å²) in [6, 6.07) is 7.74. The van der Waals surface area contributed by atoms with Crippen LogP contribution in [0, 0.1) is 5.41 Å². The Hall–Kier alpha value is -3.87. The molecule has 0 radical (unpaired) electrons. The number of benzene rings is 1. The lowest BCUT2D eigenvalue weighted by molar-refractivity contribution is -0.140. The molecule has 0 bridgehead atoms. The van der Waals surface area contributed by atoms with Crippen molar-refractivity contribution in [1.29, 1.82) is 0 Å². The zero-order valence-electron chi connectivity index (χ0n) is 23.5. The van der Waals surface area contributed by atoms with Crippen molar-refractivity contribution in [3.05, 3.63) is 60.1 Å². The molecule has 0 aliphatic rings. The van der Waals surface area contributed by atoms with E-state index < -0.39 is 40.8 Å². The van der Waals surface area contributed by atoms with Gasteiger partial charge < -0.3 is 25.0 Å². The van der Waals surface area contributed by atoms with Crippen molar-refractivity contribution in [3.63, 3.8) is 0 Å². The Balaban J connectivity index is 1.99. The molecule has 0 saturated carbocycles. The van der Waals surface area contributed by atoms with Crippen LogP contribution < -0.4 is 10.6 Å². The van der Waals surface area contributed by atoms with Crippen LogP contribution in [0.15, 0.2) is 53.3 Å². The van der Waals surface area contributed by atoms with E-state index in [-0.39, 0.29) is 19.7 Å². The molecule has 0 saturated heterocycles. The zero-order chi connectivity index (χ0) is 30.3. The van der Waals surface area contributed by atoms with Gasteiger partial charge in [-0.05, 0) is 36.5 Å². The van der Waals surface area contributed by atoms with Crippen LogP contribution in [0.2, 0.25) is 0 Å². The van der Waals surface area contributed by atoms with Gasteiger partial charge in [0.2, 0.25) is 0 Å². The van der Waals surface area contributed by atoms with Gasteiger partial charge in [-0.3, -0.25) is 9.48 Å². The summed E-state index contributed by atoms with van der Waals surface area (Å²) in [5.74, 6) is -0.399. The average Bonchev–Trinajstić information content (AvgIpc) is 3.61. The molecule has 2 aromatic heterocycles. The van der Waals surface area contributed by atoms with E-state index in [2.05, 4.69) is 20.9 Å². The number of aromatic nitrogens is 3. The normalized spacial score (nSPS) is 14.2. The monoisotopic (exact) mass is 579 g/mol. The second-order valence-corrected chi connectivity index (χ2v) is 10.4. The van der Waals surface area contributed by atoms with E-state index in [0.717, 1.165) is 12.1 Å². The summed E-state index contributed by atoms with van der Waals surface area (Å²) in [5, 5.41) is 25.1. The second kappa shape index (κ2) is 13.2. The number of amides is 2. The maximum Gasteiger partial charge on any atom is 0.416 e. The van der Waals surface area contributed by atoms with Crippen molar-refractivity contribution in [1.82, 2.24) is 25.6 Å². The van der Waals surface area contributed by atoms with Gasteiger partial charge in [-0.15, -0.1) is 0 Å². The van der Waals surface area contributed by atoms with Crippen molar-refractivity contribution in [2.75, 3.05) is 6.61 Å². The van der Waals surface area contributed by atoms with Crippen molar-refractivity contribution in [2.24, 2.45) is 5.41 Å². The van der Waals surface area contributed by atoms with Crippen LogP contribution in [0.25, 0.3) is 11.3 Å². The predicted molar refractivity (Wildman–Crippen MR) is 143 cm³/mol. The fourth-order valence-corrected chi connectivity index (χ4v) is 4.73. The first-order valence-corrected chi connectivity index (χ1v) is 13.3. The summed E-state index contributed by atoms with van der Waals surface area (Å²) in [4.78, 5) is 26.3. The van der Waals surface area contributed by atoms with Gasteiger partial charge in [-0.1, -0.05) is 51.4 Å². The van der Waals surface area contributed by atoms with Gasteiger partial charge in [-0.25, -0.2) is 4.79 Å². The van der Waals surface area contributed by atoms with Gasteiger partial charge >= 0.3 is 12.3 Å². The van der Waals surface area contributed by atoms with Crippen LogP contribution in [-0.2, 0) is 28.8 Å². The van der Waals surface area contributed by atoms with Crippen LogP contribution in [0.5, 0.6) is 0 Å². The lowest BCUT2D eigenvalue weighted by Gasteiger charge is -2.49. The molecule has 2 atom stereocenters. The Morgan fingerprint density at radius 1 is 1.10 bits per heavy atom. The maximum atomic E-state index is 13.3. The minimum absolute atomic E-state index is 0.0414. The van der Waals surface area contributed by atoms with Crippen LogP contribution >= 0.6 is 0 Å². The largest absolute Gasteiger partial charge is 0.450 e. The molecule has 41 heavy (non-hydrogen) atoms. The lowest BCUT2D eigenvalue weighted by Crippen LogP contribution is -2.70. The third-order valence-electron chi connectivity index (χ3n) is 7.05. The number of carbonyl (C=O) groups excluding carboxylic acids is 2. The molecular weight excluding hydrogens is 543 g/mol. The number of nitrogens with one attached hydrogen (secondary N) is 2. The summed E-state index contributed by atoms with van der Waals surface area (Å²) >= 11 is 0. The highest BCUT2D eigenvalue weighted by atomic mass is 19.4. The molecule has 1 aromatic carbocycles. The summed E-state index contributed by atoms with van der Waals surface area (Å²) in [6.07, 6.45) is -2.32. The number of nitrogens with zero attached hydrogens (tertiary/aromatic N) is 3. The van der Waals surface area contributed by atoms with Crippen molar-refractivity contribution in [2.45, 2.75) is 77.9 Å².